The molecule has 1 N–H and O–H groups in total. The molecule has 2 rings (SSSR count). The van der Waals surface area contributed by atoms with Gasteiger partial charge in [0, 0.05) is 12.4 Å². The monoisotopic (exact) mass is 280 g/mol. The summed E-state index contributed by atoms with van der Waals surface area (Å²) < 4.78 is 26.9. The first-order valence-electron chi connectivity index (χ1n) is 5.20. The Balaban J connectivity index is 2.31. The van der Waals surface area contributed by atoms with Gasteiger partial charge >= 0.3 is 5.69 Å². The maximum atomic E-state index is 13.6. The predicted molar refractivity (Wildman–Crippen MR) is 63.0 cm³/mol. The number of nitro groups is 1. The van der Waals surface area contributed by atoms with E-state index >= 15 is 0 Å². The molecule has 20 heavy (non-hydrogen) atoms. The van der Waals surface area contributed by atoms with Crippen molar-refractivity contribution in [1.29, 1.82) is 0 Å². The van der Waals surface area contributed by atoms with E-state index < -0.39 is 33.7 Å². The fourth-order valence-corrected chi connectivity index (χ4v) is 1.40. The number of amides is 1. The number of aromatic nitrogens is 2. The Morgan fingerprint density at radius 1 is 1.25 bits per heavy atom. The quantitative estimate of drug-likeness (QED) is 0.684. The minimum absolute atomic E-state index is 0.0376. The second-order valence-corrected chi connectivity index (χ2v) is 3.59. The van der Waals surface area contributed by atoms with Crippen LogP contribution in [0.3, 0.4) is 0 Å². The van der Waals surface area contributed by atoms with Gasteiger partial charge in [-0.3, -0.25) is 19.9 Å². The highest BCUT2D eigenvalue weighted by Crippen LogP contribution is 2.21. The van der Waals surface area contributed by atoms with Crippen LogP contribution in [0.2, 0.25) is 0 Å². The van der Waals surface area contributed by atoms with Crippen LogP contribution in [0.25, 0.3) is 0 Å². The molecule has 9 heteroatoms. The Kier molecular flexibility index (Phi) is 3.60. The Morgan fingerprint density at radius 3 is 2.60 bits per heavy atom. The zero-order valence-electron chi connectivity index (χ0n) is 9.71. The van der Waals surface area contributed by atoms with Crippen LogP contribution in [0.1, 0.15) is 10.4 Å². The molecule has 0 saturated heterocycles. The van der Waals surface area contributed by atoms with Crippen LogP contribution in [0.15, 0.2) is 30.7 Å². The number of benzene rings is 1. The van der Waals surface area contributed by atoms with Crippen molar-refractivity contribution in [3.05, 3.63) is 58.0 Å². The minimum Gasteiger partial charge on any atom is -0.305 e. The van der Waals surface area contributed by atoms with Gasteiger partial charge in [0.15, 0.2) is 5.82 Å². The third kappa shape index (κ3) is 2.71. The number of hydrogen-bond acceptors (Lipinski definition) is 5. The lowest BCUT2D eigenvalue weighted by Gasteiger charge is -2.05. The molecule has 0 saturated carbocycles. The Hall–Kier alpha value is -2.97. The molecular formula is C11H6F2N4O3. The molecule has 0 radical (unpaired) electrons. The van der Waals surface area contributed by atoms with Crippen LogP contribution < -0.4 is 5.32 Å². The highest BCUT2D eigenvalue weighted by atomic mass is 19.1. The van der Waals surface area contributed by atoms with Gasteiger partial charge in [-0.1, -0.05) is 0 Å². The van der Waals surface area contributed by atoms with Crippen LogP contribution in [-0.2, 0) is 0 Å². The van der Waals surface area contributed by atoms with E-state index in [0.717, 1.165) is 0 Å². The average molecular weight is 280 g/mol. The van der Waals surface area contributed by atoms with Gasteiger partial charge < -0.3 is 5.32 Å². The van der Waals surface area contributed by atoms with Crippen molar-refractivity contribution in [2.45, 2.75) is 0 Å². The number of nitro benzene ring substituents is 1. The number of hydrogen-bond donors (Lipinski definition) is 1. The maximum Gasteiger partial charge on any atom is 0.307 e. The first-order valence-corrected chi connectivity index (χ1v) is 5.20. The highest BCUT2D eigenvalue weighted by Gasteiger charge is 2.22. The Morgan fingerprint density at radius 2 is 2.00 bits per heavy atom. The van der Waals surface area contributed by atoms with Crippen molar-refractivity contribution >= 4 is 17.4 Å². The number of rotatable bonds is 3. The van der Waals surface area contributed by atoms with Crippen molar-refractivity contribution in [3.63, 3.8) is 0 Å². The van der Waals surface area contributed by atoms with Crippen LogP contribution in [0, 0.1) is 21.7 Å². The zero-order chi connectivity index (χ0) is 14.7. The fourth-order valence-electron chi connectivity index (χ4n) is 1.40. The molecule has 1 aromatic carbocycles. The predicted octanol–water partition coefficient (Wildman–Crippen LogP) is 1.92. The number of carbonyl (C=O) groups excluding carboxylic acids is 1. The number of nitrogens with zero attached hydrogens (tertiary/aromatic N) is 3. The summed E-state index contributed by atoms with van der Waals surface area (Å²) in [5, 5.41) is 12.6. The molecule has 0 bridgehead atoms. The van der Waals surface area contributed by atoms with Gasteiger partial charge in [-0.2, -0.15) is 4.39 Å². The number of anilines is 1. The molecular weight excluding hydrogens is 274 g/mol. The summed E-state index contributed by atoms with van der Waals surface area (Å²) >= 11 is 0. The first-order chi connectivity index (χ1) is 9.49. The second-order valence-electron chi connectivity index (χ2n) is 3.59. The van der Waals surface area contributed by atoms with Crippen LogP contribution >= 0.6 is 0 Å². The van der Waals surface area contributed by atoms with Gasteiger partial charge in [0.25, 0.3) is 5.91 Å². The van der Waals surface area contributed by atoms with E-state index in [-0.39, 0.29) is 5.82 Å². The van der Waals surface area contributed by atoms with Crippen molar-refractivity contribution in [1.82, 2.24) is 9.97 Å². The van der Waals surface area contributed by atoms with E-state index in [1.165, 1.54) is 18.6 Å². The fraction of sp³-hybridized carbons (Fsp3) is 0. The van der Waals surface area contributed by atoms with Crippen LogP contribution in [0.5, 0.6) is 0 Å². The van der Waals surface area contributed by atoms with Crippen LogP contribution in [0.4, 0.5) is 20.3 Å². The molecule has 2 aromatic rings. The molecule has 0 atom stereocenters. The van der Waals surface area contributed by atoms with E-state index in [9.17, 15) is 23.7 Å². The molecule has 0 aliphatic carbocycles. The molecule has 0 aliphatic rings. The summed E-state index contributed by atoms with van der Waals surface area (Å²) in [5.74, 6) is -3.47. The lowest BCUT2D eigenvalue weighted by atomic mass is 10.1. The van der Waals surface area contributed by atoms with Crippen molar-refractivity contribution < 1.29 is 18.5 Å². The summed E-state index contributed by atoms with van der Waals surface area (Å²) in [6.45, 7) is 0. The van der Waals surface area contributed by atoms with Crippen molar-refractivity contribution in [2.75, 3.05) is 5.32 Å². The third-order valence-electron chi connectivity index (χ3n) is 2.28. The standard InChI is InChI=1S/C11H6F2N4O3/c12-7-4-9(17(19)20)8(13)3-6(7)11(18)16-10-5-14-1-2-15-10/h1-5H,(H,15,16,18). The normalized spacial score (nSPS) is 10.1. The third-order valence-corrected chi connectivity index (χ3v) is 2.28. The van der Waals surface area contributed by atoms with E-state index in [2.05, 4.69) is 15.3 Å². The molecule has 1 aromatic heterocycles. The summed E-state index contributed by atoms with van der Waals surface area (Å²) in [6, 6.07) is 0.806. The smallest absolute Gasteiger partial charge is 0.305 e. The maximum absolute atomic E-state index is 13.6. The molecule has 102 valence electrons. The average Bonchev–Trinajstić information content (AvgIpc) is 2.41. The number of halogens is 2. The first kappa shape index (κ1) is 13.5. The zero-order valence-corrected chi connectivity index (χ0v) is 9.71. The summed E-state index contributed by atoms with van der Waals surface area (Å²) in [7, 11) is 0. The second kappa shape index (κ2) is 5.34. The molecule has 7 nitrogen and oxygen atoms in total. The van der Waals surface area contributed by atoms with E-state index in [4.69, 9.17) is 0 Å². The summed E-state index contributed by atoms with van der Waals surface area (Å²) in [6.07, 6.45) is 3.86. The molecule has 1 heterocycles. The molecule has 0 aliphatic heterocycles. The van der Waals surface area contributed by atoms with Gasteiger partial charge in [-0.05, 0) is 6.07 Å². The lowest BCUT2D eigenvalue weighted by molar-refractivity contribution is -0.387. The number of carbonyl (C=O) groups is 1. The van der Waals surface area contributed by atoms with Gasteiger partial charge in [0.05, 0.1) is 22.7 Å². The van der Waals surface area contributed by atoms with Gasteiger partial charge in [-0.25, -0.2) is 9.37 Å². The minimum atomic E-state index is -1.30. The number of nitrogens with one attached hydrogen (secondary N) is 1. The van der Waals surface area contributed by atoms with Crippen LogP contribution in [-0.4, -0.2) is 20.8 Å². The van der Waals surface area contributed by atoms with E-state index in [1.807, 2.05) is 0 Å². The topological polar surface area (TPSA) is 98.0 Å². The van der Waals surface area contributed by atoms with Gasteiger partial charge in [0.1, 0.15) is 5.82 Å². The molecule has 0 unspecified atom stereocenters. The SMILES string of the molecule is O=C(Nc1cnccn1)c1cc(F)c([N+](=O)[O-])cc1F. The molecule has 0 spiro atoms. The summed E-state index contributed by atoms with van der Waals surface area (Å²) in [5.41, 5.74) is -1.71. The Labute approximate surface area is 110 Å². The van der Waals surface area contributed by atoms with Gasteiger partial charge in [-0.15, -0.1) is 0 Å². The van der Waals surface area contributed by atoms with E-state index in [0.29, 0.717) is 12.1 Å². The Bertz CT molecular complexity index is 679. The highest BCUT2D eigenvalue weighted by molar-refractivity contribution is 6.04. The van der Waals surface area contributed by atoms with Gasteiger partial charge in [0.2, 0.25) is 5.82 Å². The molecule has 0 fully saturated rings. The van der Waals surface area contributed by atoms with Crippen molar-refractivity contribution in [3.8, 4) is 0 Å². The summed E-state index contributed by atoms with van der Waals surface area (Å²) in [4.78, 5) is 28.5. The molecule has 1 amide bonds. The van der Waals surface area contributed by atoms with E-state index in [1.54, 1.807) is 0 Å². The van der Waals surface area contributed by atoms with Crippen molar-refractivity contribution in [2.24, 2.45) is 0 Å². The lowest BCUT2D eigenvalue weighted by Crippen LogP contribution is -2.15. The largest absolute Gasteiger partial charge is 0.307 e.